The first-order chi connectivity index (χ1) is 13.1. The van der Waals surface area contributed by atoms with Crippen molar-refractivity contribution in [3.63, 3.8) is 0 Å². The number of thiophene rings is 1. The Hall–Kier alpha value is -0.910. The summed E-state index contributed by atoms with van der Waals surface area (Å²) in [5, 5.41) is 4.47. The average molecular weight is 388 g/mol. The molecule has 0 N–H and O–H groups in total. The van der Waals surface area contributed by atoms with Crippen LogP contribution in [0.2, 0.25) is 0 Å². The maximum Gasteiger partial charge on any atom is 0.230 e. The van der Waals surface area contributed by atoms with E-state index >= 15 is 0 Å². The molecule has 1 saturated carbocycles. The van der Waals surface area contributed by atoms with Crippen LogP contribution >= 0.6 is 11.3 Å². The Bertz CT molecular complexity index is 676. The normalized spacial score (nSPS) is 33.8. The second kappa shape index (κ2) is 6.85. The van der Waals surface area contributed by atoms with Crippen molar-refractivity contribution in [1.29, 1.82) is 0 Å². The summed E-state index contributed by atoms with van der Waals surface area (Å²) < 4.78 is 0. The third kappa shape index (κ3) is 2.97. The van der Waals surface area contributed by atoms with Gasteiger partial charge in [-0.2, -0.15) is 11.3 Å². The number of likely N-dealkylation sites (tertiary alicyclic amines) is 3. The average Bonchev–Trinajstić information content (AvgIpc) is 3.44. The van der Waals surface area contributed by atoms with E-state index < -0.39 is 0 Å². The smallest absolute Gasteiger partial charge is 0.230 e. The molecule has 5 heteroatoms. The molecular weight excluding hydrogens is 354 g/mol. The number of rotatable bonds is 3. The van der Waals surface area contributed by atoms with Crippen molar-refractivity contribution in [2.24, 2.45) is 16.7 Å². The van der Waals surface area contributed by atoms with Crippen LogP contribution < -0.4 is 0 Å². The molecule has 3 aliphatic heterocycles. The third-order valence-electron chi connectivity index (χ3n) is 8.18. The van der Waals surface area contributed by atoms with Crippen molar-refractivity contribution in [2.75, 3.05) is 46.3 Å². The number of amides is 1. The number of hydrogen-bond acceptors (Lipinski definition) is 4. The lowest BCUT2D eigenvalue weighted by Crippen LogP contribution is -2.49. The summed E-state index contributed by atoms with van der Waals surface area (Å²) in [7, 11) is 2.23. The molecule has 0 unspecified atom stereocenters. The van der Waals surface area contributed by atoms with Crippen molar-refractivity contribution < 1.29 is 4.79 Å². The van der Waals surface area contributed by atoms with Gasteiger partial charge in [0.15, 0.2) is 0 Å². The second-order valence-electron chi connectivity index (χ2n) is 9.67. The maximum absolute atomic E-state index is 13.6. The summed E-state index contributed by atoms with van der Waals surface area (Å²) in [5.41, 5.74) is 1.79. The van der Waals surface area contributed by atoms with Crippen LogP contribution in [0.3, 0.4) is 0 Å². The highest BCUT2D eigenvalue weighted by molar-refractivity contribution is 7.07. The van der Waals surface area contributed by atoms with Gasteiger partial charge in [-0.25, -0.2) is 0 Å². The summed E-state index contributed by atoms with van der Waals surface area (Å²) in [6.45, 7) is 7.62. The maximum atomic E-state index is 13.6. The van der Waals surface area contributed by atoms with E-state index in [0.717, 1.165) is 39.1 Å². The highest BCUT2D eigenvalue weighted by Crippen LogP contribution is 2.62. The van der Waals surface area contributed by atoms with Crippen LogP contribution in [0.1, 0.15) is 44.1 Å². The lowest BCUT2D eigenvalue weighted by atomic mass is 9.65. The van der Waals surface area contributed by atoms with Gasteiger partial charge in [0.1, 0.15) is 0 Å². The van der Waals surface area contributed by atoms with Crippen LogP contribution in [0.25, 0.3) is 0 Å². The van der Waals surface area contributed by atoms with E-state index in [1.54, 1.807) is 11.3 Å². The molecule has 0 bridgehead atoms. The van der Waals surface area contributed by atoms with Gasteiger partial charge in [-0.05, 0) is 92.4 Å². The molecule has 1 aromatic heterocycles. The van der Waals surface area contributed by atoms with Crippen LogP contribution in [-0.4, -0.2) is 66.9 Å². The fraction of sp³-hybridized carbons (Fsp3) is 0.773. The van der Waals surface area contributed by atoms with Crippen molar-refractivity contribution >= 4 is 17.2 Å². The van der Waals surface area contributed by atoms with Gasteiger partial charge in [0.2, 0.25) is 5.91 Å². The molecule has 0 aromatic carbocycles. The first-order valence-electron chi connectivity index (χ1n) is 10.8. The fourth-order valence-corrected chi connectivity index (χ4v) is 7.44. The molecule has 3 saturated heterocycles. The molecule has 1 aliphatic carbocycles. The van der Waals surface area contributed by atoms with Gasteiger partial charge in [-0.3, -0.25) is 9.69 Å². The Morgan fingerprint density at radius 2 is 1.93 bits per heavy atom. The van der Waals surface area contributed by atoms with Gasteiger partial charge in [0.25, 0.3) is 0 Å². The van der Waals surface area contributed by atoms with E-state index in [2.05, 4.69) is 38.6 Å². The number of nitrogens with zero attached hydrogens (tertiary/aromatic N) is 3. The van der Waals surface area contributed by atoms with Gasteiger partial charge in [-0.1, -0.05) is 0 Å². The topological polar surface area (TPSA) is 26.8 Å². The molecule has 1 amide bonds. The highest BCUT2D eigenvalue weighted by Gasteiger charge is 2.64. The van der Waals surface area contributed by atoms with Crippen molar-refractivity contribution in [2.45, 2.75) is 45.1 Å². The van der Waals surface area contributed by atoms with E-state index in [1.807, 2.05) is 0 Å². The Morgan fingerprint density at radius 1 is 1.15 bits per heavy atom. The van der Waals surface area contributed by atoms with Crippen LogP contribution in [-0.2, 0) is 11.3 Å². The molecule has 4 nitrogen and oxygen atoms in total. The van der Waals surface area contributed by atoms with Gasteiger partial charge in [0.05, 0.1) is 5.41 Å². The minimum atomic E-state index is -0.0748. The molecule has 27 heavy (non-hydrogen) atoms. The molecule has 148 valence electrons. The van der Waals surface area contributed by atoms with E-state index in [0.29, 0.717) is 17.2 Å². The van der Waals surface area contributed by atoms with Gasteiger partial charge in [-0.15, -0.1) is 0 Å². The Balaban J connectivity index is 1.32. The fourth-order valence-electron chi connectivity index (χ4n) is 6.78. The number of fused-ring (bicyclic) bond motifs is 2. The number of carbonyl (C=O) groups excluding carboxylic acids is 1. The Labute approximate surface area is 167 Å². The van der Waals surface area contributed by atoms with Crippen molar-refractivity contribution in [3.05, 3.63) is 22.4 Å². The van der Waals surface area contributed by atoms with Crippen LogP contribution in [0, 0.1) is 16.7 Å². The lowest BCUT2D eigenvalue weighted by Gasteiger charge is -2.45. The molecule has 1 aromatic rings. The van der Waals surface area contributed by atoms with Gasteiger partial charge < -0.3 is 9.80 Å². The summed E-state index contributed by atoms with van der Waals surface area (Å²) in [6.07, 6.45) is 7.37. The monoisotopic (exact) mass is 387 g/mol. The lowest BCUT2D eigenvalue weighted by molar-refractivity contribution is -0.142. The zero-order valence-corrected chi connectivity index (χ0v) is 17.5. The first-order valence-corrected chi connectivity index (χ1v) is 11.8. The molecule has 1 spiro atoms. The molecule has 4 heterocycles. The standard InChI is InChI=1S/C22H33N3OS/c1-23-15-19-21(7-11-24(12-8-21)14-18-4-13-27-16-18)5-6-22(19,17-23)20(26)25-9-2-3-10-25/h4,13,16,19H,2-3,5-12,14-15,17H2,1H3/t19-,22+/m0/s1. The molecule has 0 radical (unpaired) electrons. The Morgan fingerprint density at radius 3 is 2.63 bits per heavy atom. The van der Waals surface area contributed by atoms with E-state index in [1.165, 1.54) is 50.8 Å². The summed E-state index contributed by atoms with van der Waals surface area (Å²) in [5.74, 6) is 1.08. The van der Waals surface area contributed by atoms with E-state index in [9.17, 15) is 4.79 Å². The minimum absolute atomic E-state index is 0.0748. The van der Waals surface area contributed by atoms with Crippen LogP contribution in [0.15, 0.2) is 16.8 Å². The largest absolute Gasteiger partial charge is 0.342 e. The predicted molar refractivity (Wildman–Crippen MR) is 110 cm³/mol. The van der Waals surface area contributed by atoms with Crippen LogP contribution in [0.4, 0.5) is 0 Å². The number of piperidine rings is 1. The first kappa shape index (κ1) is 18.1. The summed E-state index contributed by atoms with van der Waals surface area (Å²) >= 11 is 1.80. The number of carbonyl (C=O) groups is 1. The highest BCUT2D eigenvalue weighted by atomic mass is 32.1. The zero-order chi connectivity index (χ0) is 18.5. The summed E-state index contributed by atoms with van der Waals surface area (Å²) in [6, 6.07) is 2.26. The van der Waals surface area contributed by atoms with Crippen LogP contribution in [0.5, 0.6) is 0 Å². The van der Waals surface area contributed by atoms with E-state index in [-0.39, 0.29) is 5.41 Å². The van der Waals surface area contributed by atoms with Gasteiger partial charge >= 0.3 is 0 Å². The quantitative estimate of drug-likeness (QED) is 0.796. The molecule has 5 rings (SSSR count). The molecule has 4 fully saturated rings. The molecular formula is C22H33N3OS. The van der Waals surface area contributed by atoms with Gasteiger partial charge in [0, 0.05) is 32.7 Å². The van der Waals surface area contributed by atoms with Crippen molar-refractivity contribution in [3.8, 4) is 0 Å². The van der Waals surface area contributed by atoms with E-state index in [4.69, 9.17) is 0 Å². The Kier molecular flexibility index (Phi) is 4.60. The number of hydrogen-bond donors (Lipinski definition) is 0. The predicted octanol–water partition coefficient (Wildman–Crippen LogP) is 3.29. The minimum Gasteiger partial charge on any atom is -0.342 e. The SMILES string of the molecule is CN1C[C@H]2C3(CCN(Cc4ccsc4)CC3)CC[C@@]2(C(=O)N2CCCC2)C1. The van der Waals surface area contributed by atoms with Crippen molar-refractivity contribution in [1.82, 2.24) is 14.7 Å². The third-order valence-corrected chi connectivity index (χ3v) is 8.91. The molecule has 2 atom stereocenters. The second-order valence-corrected chi connectivity index (χ2v) is 10.5. The summed E-state index contributed by atoms with van der Waals surface area (Å²) in [4.78, 5) is 20.9. The zero-order valence-electron chi connectivity index (χ0n) is 16.7. The molecule has 4 aliphatic rings.